The number of benzene rings is 25. The Hall–Kier alpha value is -19.0. The van der Waals surface area contributed by atoms with Crippen LogP contribution in [-0.4, -0.2) is 15.0 Å². The summed E-state index contributed by atoms with van der Waals surface area (Å²) in [6, 6.07) is 182. The van der Waals surface area contributed by atoms with Crippen molar-refractivity contribution in [2.45, 2.75) is 43.9 Å². The lowest BCUT2D eigenvalue weighted by Crippen LogP contribution is -2.28. The lowest BCUT2D eigenvalue weighted by Gasteiger charge is -2.34. The lowest BCUT2D eigenvalue weighted by molar-refractivity contribution is 0.623. The molecule has 704 valence electrons. The number of fused-ring (bicyclic) bond motifs is 27. The molecule has 31 rings (SSSR count). The van der Waals surface area contributed by atoms with E-state index in [9.17, 15) is 0 Å². The zero-order valence-corrected chi connectivity index (χ0v) is 83.0. The van der Waals surface area contributed by atoms with E-state index in [0.29, 0.717) is 17.7 Å². The van der Waals surface area contributed by atoms with Crippen molar-refractivity contribution in [3.63, 3.8) is 0 Å². The van der Waals surface area contributed by atoms with Gasteiger partial charge in [0.25, 0.3) is 0 Å². The molecule has 0 saturated carbocycles. The van der Waals surface area contributed by atoms with Crippen LogP contribution in [0.2, 0.25) is 0 Å². The highest BCUT2D eigenvalue weighted by atomic mass is 16.4. The first-order valence-corrected chi connectivity index (χ1v) is 51.8. The molecule has 0 spiro atoms. The number of oxazole rings is 3. The van der Waals surface area contributed by atoms with Crippen LogP contribution in [0.15, 0.2) is 517 Å². The Labute approximate surface area is 867 Å². The lowest BCUT2D eigenvalue weighted by atomic mass is 9.67. The minimum absolute atomic E-state index is 0.0753. The Morgan fingerprint density at radius 1 is 0.167 bits per heavy atom. The molecule has 0 radical (unpaired) electrons. The van der Waals surface area contributed by atoms with Gasteiger partial charge in [-0.15, -0.1) is 0 Å². The molecule has 3 aliphatic carbocycles. The van der Waals surface area contributed by atoms with Gasteiger partial charge in [-0.3, -0.25) is 0 Å². The normalized spacial score (nSPS) is 13.2. The summed E-state index contributed by atoms with van der Waals surface area (Å²) in [4.78, 5) is 14.6. The molecule has 0 unspecified atom stereocenters. The molecular formula is C144H95N3O3. The first-order chi connectivity index (χ1) is 73.8. The molecular weight excluding hydrogens is 1820 g/mol. The number of hydrogen-bond acceptors (Lipinski definition) is 6. The highest BCUT2D eigenvalue weighted by Gasteiger charge is 2.47. The summed E-state index contributed by atoms with van der Waals surface area (Å²) < 4.78 is 19.5. The summed E-state index contributed by atoms with van der Waals surface area (Å²) >= 11 is 0. The Balaban J connectivity index is 0.000000106. The molecule has 0 aliphatic heterocycles. The second kappa shape index (κ2) is 34.6. The zero-order valence-electron chi connectivity index (χ0n) is 83.0. The predicted octanol–water partition coefficient (Wildman–Crippen LogP) is 38.7. The van der Waals surface area contributed by atoms with Gasteiger partial charge in [0.15, 0.2) is 16.7 Å². The van der Waals surface area contributed by atoms with Crippen LogP contribution in [0.25, 0.3) is 254 Å². The molecule has 3 aromatic heterocycles. The fourth-order valence-electron chi connectivity index (χ4n) is 24.9. The molecule has 6 heteroatoms. The Morgan fingerprint density at radius 2 is 0.447 bits per heavy atom. The summed E-state index contributed by atoms with van der Waals surface area (Å²) in [7, 11) is 0. The van der Waals surface area contributed by atoms with Crippen LogP contribution in [0.3, 0.4) is 0 Å². The van der Waals surface area contributed by atoms with E-state index in [2.05, 4.69) is 440 Å². The van der Waals surface area contributed by atoms with Gasteiger partial charge in [0.2, 0.25) is 17.7 Å². The van der Waals surface area contributed by atoms with Gasteiger partial charge in [-0.2, -0.15) is 0 Å². The van der Waals surface area contributed by atoms with E-state index in [1.165, 1.54) is 188 Å². The highest BCUT2D eigenvalue weighted by molar-refractivity contribution is 6.22. The fourth-order valence-corrected chi connectivity index (χ4v) is 24.9. The smallest absolute Gasteiger partial charge is 0.227 e. The molecule has 3 aliphatic rings. The van der Waals surface area contributed by atoms with E-state index in [-0.39, 0.29) is 10.8 Å². The molecule has 6 nitrogen and oxygen atoms in total. The van der Waals surface area contributed by atoms with E-state index in [1.54, 1.807) is 0 Å². The van der Waals surface area contributed by atoms with E-state index < -0.39 is 5.41 Å². The van der Waals surface area contributed by atoms with Crippen LogP contribution >= 0.6 is 0 Å². The third-order valence-electron chi connectivity index (χ3n) is 32.3. The van der Waals surface area contributed by atoms with Crippen LogP contribution in [0.4, 0.5) is 0 Å². The quantitative estimate of drug-likeness (QED) is 0.120. The van der Waals surface area contributed by atoms with Crippen LogP contribution in [-0.2, 0) is 16.2 Å². The van der Waals surface area contributed by atoms with Crippen molar-refractivity contribution < 1.29 is 13.3 Å². The van der Waals surface area contributed by atoms with Crippen molar-refractivity contribution in [2.24, 2.45) is 0 Å². The summed E-state index contributed by atoms with van der Waals surface area (Å²) in [5.74, 6) is 1.93. The highest BCUT2D eigenvalue weighted by Crippen LogP contribution is 2.59. The largest absolute Gasteiger partial charge is 0.435 e. The molecule has 0 atom stereocenters. The number of hydrogen-bond donors (Lipinski definition) is 0. The molecule has 0 bridgehead atoms. The van der Waals surface area contributed by atoms with Gasteiger partial charge in [-0.1, -0.05) is 410 Å². The fraction of sp³-hybridized carbons (Fsp3) is 0.0486. The van der Waals surface area contributed by atoms with Crippen molar-refractivity contribution in [3.05, 3.63) is 548 Å². The van der Waals surface area contributed by atoms with Crippen LogP contribution in [0.5, 0.6) is 0 Å². The molecule has 150 heavy (non-hydrogen) atoms. The Kier molecular flexibility index (Phi) is 20.2. The molecule has 0 amide bonds. The van der Waals surface area contributed by atoms with E-state index in [0.717, 1.165) is 93.3 Å². The van der Waals surface area contributed by atoms with Gasteiger partial charge < -0.3 is 13.3 Å². The number of aromatic nitrogens is 3. The van der Waals surface area contributed by atoms with Crippen molar-refractivity contribution in [1.29, 1.82) is 0 Å². The van der Waals surface area contributed by atoms with Gasteiger partial charge in [-0.25, -0.2) is 15.0 Å². The van der Waals surface area contributed by atoms with Crippen molar-refractivity contribution in [3.8, 4) is 135 Å². The van der Waals surface area contributed by atoms with Crippen molar-refractivity contribution >= 4 is 119 Å². The average molecular weight is 1920 g/mol. The Bertz CT molecular complexity index is 10400. The second-order valence-electron chi connectivity index (χ2n) is 41.5. The molecule has 0 N–H and O–H groups in total. The number of nitrogens with zero attached hydrogens (tertiary/aromatic N) is 3. The first kappa shape index (κ1) is 87.6. The van der Waals surface area contributed by atoms with Gasteiger partial charge in [0, 0.05) is 43.7 Å². The summed E-state index contributed by atoms with van der Waals surface area (Å²) in [5.41, 5.74) is 40.5. The molecule has 28 aromatic rings. The van der Waals surface area contributed by atoms with Crippen molar-refractivity contribution in [1.82, 2.24) is 15.0 Å². The monoisotopic (exact) mass is 1910 g/mol. The first-order valence-electron chi connectivity index (χ1n) is 51.8. The summed E-state index contributed by atoms with van der Waals surface area (Å²) in [6.07, 6.45) is 0. The van der Waals surface area contributed by atoms with E-state index in [4.69, 9.17) is 28.2 Å². The SMILES string of the molecule is CC1(C)c2cc(-c3cccc(-c4ccc5ccc6ccc7nc(-c8ccccc8)oc7c6c5c4)c3)ccc2-c2cc3ccccc3cc21.CC1(C)c2cc(-c3cccc(-c4ccc5ccc6ccc7nc(-c8ccccc8)oc7c6c5c4)c3)ccc2-c2ccc3ccccc3c21.c1ccc(-c2nc3ccc4ccc5ccc(-c6cccc(-c7ccc8c(c7)C(c7ccccc7)(c7ccccc7)c7ccccc7-8)c6)cc5c4c3o2)cc1. The van der Waals surface area contributed by atoms with Gasteiger partial charge >= 0.3 is 0 Å². The topological polar surface area (TPSA) is 78.1 Å². The van der Waals surface area contributed by atoms with E-state index in [1.807, 2.05) is 91.0 Å². The molecule has 0 saturated heterocycles. The minimum atomic E-state index is -0.437. The van der Waals surface area contributed by atoms with Crippen LogP contribution < -0.4 is 0 Å². The maximum Gasteiger partial charge on any atom is 0.227 e. The standard InChI is InChI=1S/C52H33NO.2C46H31NO/c1-4-13-36(14-5-1)51-53-48-30-28-35-25-23-34-24-26-39(32-45(34)49(35)50(48)54-51)37-15-12-16-38(31-37)40-27-29-44-43-21-10-11-22-46(43)52(47(44)33-40,41-17-6-2-7-18-41)42-19-8-3-9-20-42;1-46(2)40-27-35(20-22-37(40)38-23-19-28-9-6-7-14-36(28)43(38)46)33-13-8-12-32(25-33)34-18-16-29-15-17-30-21-24-41-44(42(30)39(29)26-34)48-45(47-41)31-10-4-3-5-11-31;1-46(2)40-27-36(19-21-37(40)39-25-33-11-6-7-12-34(33)26-41(39)46)32-14-8-13-31(23-32)35-18-16-28-15-17-29-20-22-42-44(43(29)38(28)24-35)48-45(47-42)30-9-4-3-5-10-30/h1-33H;2*3-27H,1-2H3. The van der Waals surface area contributed by atoms with E-state index >= 15 is 0 Å². The third kappa shape index (κ3) is 14.3. The predicted molar refractivity (Wildman–Crippen MR) is 623 cm³/mol. The maximum atomic E-state index is 6.53. The Morgan fingerprint density at radius 3 is 0.880 bits per heavy atom. The molecule has 0 fully saturated rings. The number of rotatable bonds is 11. The average Bonchev–Trinajstić information content (AvgIpc) is 1.53. The van der Waals surface area contributed by atoms with Gasteiger partial charge in [-0.05, 0) is 336 Å². The van der Waals surface area contributed by atoms with Crippen LogP contribution in [0, 0.1) is 0 Å². The zero-order chi connectivity index (χ0) is 99.6. The summed E-state index contributed by atoms with van der Waals surface area (Å²) in [6.45, 7) is 9.47. The summed E-state index contributed by atoms with van der Waals surface area (Å²) in [5, 5.41) is 19.0. The maximum absolute atomic E-state index is 6.53. The molecule has 3 heterocycles. The van der Waals surface area contributed by atoms with Crippen molar-refractivity contribution in [2.75, 3.05) is 0 Å². The van der Waals surface area contributed by atoms with Crippen LogP contribution in [0.1, 0.15) is 72.2 Å². The molecule has 25 aromatic carbocycles. The minimum Gasteiger partial charge on any atom is -0.435 e. The third-order valence-corrected chi connectivity index (χ3v) is 32.3. The van der Waals surface area contributed by atoms with Gasteiger partial charge in [0.05, 0.1) is 5.41 Å². The van der Waals surface area contributed by atoms with Gasteiger partial charge in [0.1, 0.15) is 16.6 Å². The second-order valence-corrected chi connectivity index (χ2v) is 41.5.